The Bertz CT molecular complexity index is 312. The molecule has 0 amide bonds. The van der Waals surface area contributed by atoms with Crippen molar-refractivity contribution < 1.29 is 0 Å². The third-order valence-corrected chi connectivity index (χ3v) is 17.4. The number of hydrogen-bond acceptors (Lipinski definition) is 0. The fourth-order valence-electron chi connectivity index (χ4n) is 1.81. The van der Waals surface area contributed by atoms with E-state index in [1.165, 1.54) is 0 Å². The Balaban J connectivity index is 5.51. The summed E-state index contributed by atoms with van der Waals surface area (Å²) < 4.78 is 0. The Morgan fingerprint density at radius 1 is 0.722 bits per heavy atom. The predicted octanol–water partition coefficient (Wildman–Crippen LogP) is 6.08. The fourth-order valence-corrected chi connectivity index (χ4v) is 7.47. The molecule has 0 aromatic carbocycles. The van der Waals surface area contributed by atoms with Crippen LogP contribution in [0.1, 0.15) is 55.4 Å². The summed E-state index contributed by atoms with van der Waals surface area (Å²) in [7, 11) is -4.14. The van der Waals surface area contributed by atoms with E-state index in [0.29, 0.717) is 0 Å². The first-order valence-electron chi connectivity index (χ1n) is 6.75. The number of rotatable bonds is 2. The number of halogens is 2. The van der Waals surface area contributed by atoms with E-state index in [0.717, 1.165) is 12.1 Å². The molecule has 18 heavy (non-hydrogen) atoms. The van der Waals surface area contributed by atoms with Gasteiger partial charge in [-0.15, -0.1) is 33.2 Å². The molecule has 0 fully saturated rings. The Morgan fingerprint density at radius 2 is 0.944 bits per heavy atom. The third kappa shape index (κ3) is 4.03. The van der Waals surface area contributed by atoms with Crippen LogP contribution in [0.25, 0.3) is 0 Å². The van der Waals surface area contributed by atoms with Crippen molar-refractivity contribution >= 4 is 36.9 Å². The van der Waals surface area contributed by atoms with Crippen molar-refractivity contribution in [3.8, 4) is 11.1 Å². The molecule has 0 heterocycles. The average molecular weight is 323 g/mol. The predicted molar refractivity (Wildman–Crippen MR) is 91.4 cm³/mol. The van der Waals surface area contributed by atoms with Gasteiger partial charge in [-0.1, -0.05) is 55.4 Å². The minimum absolute atomic E-state index is 0.0914. The second-order valence-corrected chi connectivity index (χ2v) is 19.0. The molecule has 0 rings (SSSR count). The van der Waals surface area contributed by atoms with E-state index in [-0.39, 0.29) is 10.1 Å². The van der Waals surface area contributed by atoms with Gasteiger partial charge in [0, 0.05) is 0 Å². The van der Waals surface area contributed by atoms with Gasteiger partial charge in [-0.25, -0.2) is 0 Å². The van der Waals surface area contributed by atoms with E-state index in [1.54, 1.807) is 0 Å². The lowest BCUT2D eigenvalue weighted by molar-refractivity contribution is 0.732. The summed E-state index contributed by atoms with van der Waals surface area (Å²) in [5.74, 6) is 0. The van der Waals surface area contributed by atoms with Gasteiger partial charge in [0.15, 0.2) is 0 Å². The minimum atomic E-state index is -2.07. The zero-order valence-corrected chi connectivity index (χ0v) is 16.7. The van der Waals surface area contributed by atoms with Crippen molar-refractivity contribution in [3.05, 3.63) is 0 Å². The average Bonchev–Trinajstić information content (AvgIpc) is 2.22. The fraction of sp³-hybridized carbons (Fsp3) is 0.857. The molecular formula is C14H28Cl2Si2. The maximum Gasteiger partial charge on any atom is 0.238 e. The highest BCUT2D eigenvalue weighted by atomic mass is 35.6. The molecular weight excluding hydrogens is 295 g/mol. The summed E-state index contributed by atoms with van der Waals surface area (Å²) in [6, 6.07) is 1.95. The summed E-state index contributed by atoms with van der Waals surface area (Å²) >= 11 is 13.7. The van der Waals surface area contributed by atoms with E-state index in [1.807, 2.05) is 0 Å². The van der Waals surface area contributed by atoms with E-state index >= 15 is 0 Å². The first kappa shape index (κ1) is 18.6. The van der Waals surface area contributed by atoms with E-state index in [2.05, 4.69) is 66.5 Å². The summed E-state index contributed by atoms with van der Waals surface area (Å²) in [6.45, 7) is 17.5. The normalized spacial score (nSPS) is 19.4. The van der Waals surface area contributed by atoms with Crippen molar-refractivity contribution in [1.29, 1.82) is 0 Å². The molecule has 0 bridgehead atoms. The van der Waals surface area contributed by atoms with E-state index in [9.17, 15) is 0 Å². The van der Waals surface area contributed by atoms with Crippen LogP contribution in [0.15, 0.2) is 0 Å². The van der Waals surface area contributed by atoms with Gasteiger partial charge < -0.3 is 0 Å². The Kier molecular flexibility index (Phi) is 6.10. The van der Waals surface area contributed by atoms with Crippen LogP contribution >= 0.6 is 22.2 Å². The van der Waals surface area contributed by atoms with Gasteiger partial charge in [0.2, 0.25) is 14.8 Å². The highest BCUT2D eigenvalue weighted by Gasteiger charge is 2.44. The highest BCUT2D eigenvalue weighted by molar-refractivity contribution is 7.29. The van der Waals surface area contributed by atoms with Crippen molar-refractivity contribution in [1.82, 2.24) is 0 Å². The van der Waals surface area contributed by atoms with Crippen LogP contribution in [-0.2, 0) is 0 Å². The van der Waals surface area contributed by atoms with Crippen LogP contribution in [0, 0.1) is 11.1 Å². The highest BCUT2D eigenvalue weighted by Crippen LogP contribution is 2.44. The quantitative estimate of drug-likeness (QED) is 0.328. The second-order valence-electron chi connectivity index (χ2n) is 7.06. The maximum atomic E-state index is 6.84. The second kappa shape index (κ2) is 5.91. The lowest BCUT2D eigenvalue weighted by atomic mass is 10.2. The van der Waals surface area contributed by atoms with E-state index < -0.39 is 14.8 Å². The van der Waals surface area contributed by atoms with Gasteiger partial charge in [-0.3, -0.25) is 0 Å². The zero-order valence-electron chi connectivity index (χ0n) is 13.2. The van der Waals surface area contributed by atoms with Crippen LogP contribution in [0.2, 0.25) is 22.2 Å². The van der Waals surface area contributed by atoms with Crippen LogP contribution < -0.4 is 0 Å². The molecule has 0 spiro atoms. The molecule has 0 N–H and O–H groups in total. The van der Waals surface area contributed by atoms with Gasteiger partial charge in [0.25, 0.3) is 0 Å². The molecule has 2 atom stereocenters. The SMILES string of the molecule is CC[Si](Cl)(C#C[Si](Cl)(CC)C(C)(C)C)C(C)(C)C. The van der Waals surface area contributed by atoms with Gasteiger partial charge in [0.1, 0.15) is 0 Å². The molecule has 106 valence electrons. The maximum absolute atomic E-state index is 6.84. The summed E-state index contributed by atoms with van der Waals surface area (Å²) in [6.07, 6.45) is 0. The van der Waals surface area contributed by atoms with Gasteiger partial charge in [-0.2, -0.15) is 0 Å². The monoisotopic (exact) mass is 322 g/mol. The standard InChI is InChI=1S/C14H28Cl2Si2/c1-9-17(15,13(3,4)5)11-12-18(16,10-2)14(6,7)8/h9-10H2,1-8H3. The molecule has 0 aliphatic heterocycles. The van der Waals surface area contributed by atoms with Crippen molar-refractivity contribution in [2.45, 2.75) is 77.6 Å². The van der Waals surface area contributed by atoms with Crippen LogP contribution in [0.4, 0.5) is 0 Å². The van der Waals surface area contributed by atoms with Gasteiger partial charge in [-0.05, 0) is 22.2 Å². The molecule has 0 aliphatic carbocycles. The van der Waals surface area contributed by atoms with Crippen LogP contribution in [-0.4, -0.2) is 14.8 Å². The molecule has 0 aromatic rings. The number of hydrogen-bond donors (Lipinski definition) is 0. The largest absolute Gasteiger partial charge is 0.238 e. The summed E-state index contributed by atoms with van der Waals surface area (Å²) in [5, 5.41) is 0.183. The Morgan fingerprint density at radius 3 is 1.06 bits per heavy atom. The molecule has 0 saturated heterocycles. The topological polar surface area (TPSA) is 0 Å². The van der Waals surface area contributed by atoms with E-state index in [4.69, 9.17) is 22.2 Å². The lowest BCUT2D eigenvalue weighted by Gasteiger charge is -2.34. The zero-order chi connectivity index (χ0) is 14.8. The van der Waals surface area contributed by atoms with Crippen LogP contribution in [0.5, 0.6) is 0 Å². The Labute approximate surface area is 125 Å². The lowest BCUT2D eigenvalue weighted by Crippen LogP contribution is -2.40. The summed E-state index contributed by atoms with van der Waals surface area (Å²) in [4.78, 5) is 0. The van der Waals surface area contributed by atoms with Gasteiger partial charge in [0.05, 0.1) is 0 Å². The molecule has 0 aromatic heterocycles. The molecule has 0 aliphatic rings. The molecule has 4 heteroatoms. The smallest absolute Gasteiger partial charge is 0.150 e. The molecule has 0 saturated carbocycles. The van der Waals surface area contributed by atoms with Crippen molar-refractivity contribution in [2.24, 2.45) is 0 Å². The van der Waals surface area contributed by atoms with Crippen molar-refractivity contribution in [3.63, 3.8) is 0 Å². The minimum Gasteiger partial charge on any atom is -0.150 e. The van der Waals surface area contributed by atoms with Gasteiger partial charge >= 0.3 is 0 Å². The first-order valence-corrected chi connectivity index (χ1v) is 13.2. The van der Waals surface area contributed by atoms with Crippen LogP contribution in [0.3, 0.4) is 0 Å². The first-order chi connectivity index (χ1) is 7.83. The molecule has 0 radical (unpaired) electrons. The third-order valence-electron chi connectivity index (χ3n) is 3.81. The molecule has 0 nitrogen and oxygen atoms in total. The summed E-state index contributed by atoms with van der Waals surface area (Å²) in [5.41, 5.74) is 6.94. The Hall–Kier alpha value is 0.574. The molecule has 2 unspecified atom stereocenters. The van der Waals surface area contributed by atoms with Crippen molar-refractivity contribution in [2.75, 3.05) is 0 Å².